The zero-order valence-corrected chi connectivity index (χ0v) is 14.4. The number of carbonyl (C=O) groups excluding carboxylic acids is 1. The molecule has 0 radical (unpaired) electrons. The Morgan fingerprint density at radius 3 is 2.50 bits per heavy atom. The van der Waals surface area contributed by atoms with Gasteiger partial charge in [0.25, 0.3) is 5.56 Å². The number of benzene rings is 2. The number of hydrogen-bond acceptors (Lipinski definition) is 5. The number of aryl methyl sites for hydroxylation is 1. The SMILES string of the molecule is CC(=O)Cc1ccc(Oc2ccc(-n3ncc(=O)[nH]c3=O)cc2C)cc1. The molecule has 0 amide bonds. The molecule has 0 saturated carbocycles. The molecule has 1 aromatic heterocycles. The summed E-state index contributed by atoms with van der Waals surface area (Å²) in [6.45, 7) is 3.40. The van der Waals surface area contributed by atoms with Crippen LogP contribution in [0.2, 0.25) is 0 Å². The zero-order chi connectivity index (χ0) is 18.7. The van der Waals surface area contributed by atoms with Gasteiger partial charge in [0.2, 0.25) is 0 Å². The highest BCUT2D eigenvalue weighted by atomic mass is 16.5. The topological polar surface area (TPSA) is 94.1 Å². The van der Waals surface area contributed by atoms with Crippen molar-refractivity contribution >= 4 is 5.78 Å². The fourth-order valence-corrected chi connectivity index (χ4v) is 2.51. The molecule has 0 unspecified atom stereocenters. The summed E-state index contributed by atoms with van der Waals surface area (Å²) in [6, 6.07) is 12.5. The van der Waals surface area contributed by atoms with Crippen LogP contribution in [0.15, 0.2) is 58.3 Å². The number of hydrogen-bond donors (Lipinski definition) is 1. The molecular formula is C19H17N3O4. The number of aromatic nitrogens is 3. The molecule has 0 aliphatic carbocycles. The maximum Gasteiger partial charge on any atom is 0.349 e. The van der Waals surface area contributed by atoms with Gasteiger partial charge in [0, 0.05) is 6.42 Å². The van der Waals surface area contributed by atoms with E-state index in [-0.39, 0.29) is 5.78 Å². The Kier molecular flexibility index (Phi) is 4.79. The van der Waals surface area contributed by atoms with Gasteiger partial charge in [-0.25, -0.2) is 4.79 Å². The van der Waals surface area contributed by atoms with Crippen LogP contribution in [0.5, 0.6) is 11.5 Å². The monoisotopic (exact) mass is 351 g/mol. The second-order valence-corrected chi connectivity index (χ2v) is 5.93. The lowest BCUT2D eigenvalue weighted by Gasteiger charge is -2.11. The highest BCUT2D eigenvalue weighted by Crippen LogP contribution is 2.26. The molecule has 7 nitrogen and oxygen atoms in total. The molecule has 0 atom stereocenters. The third-order valence-corrected chi connectivity index (χ3v) is 3.72. The quantitative estimate of drug-likeness (QED) is 0.760. The second kappa shape index (κ2) is 7.18. The molecular weight excluding hydrogens is 334 g/mol. The molecule has 0 saturated heterocycles. The summed E-state index contributed by atoms with van der Waals surface area (Å²) in [6.07, 6.45) is 1.44. The first-order valence-corrected chi connectivity index (χ1v) is 7.98. The molecule has 0 aliphatic heterocycles. The van der Waals surface area contributed by atoms with Crippen molar-refractivity contribution in [2.75, 3.05) is 0 Å². The van der Waals surface area contributed by atoms with Crippen molar-refractivity contribution in [3.05, 3.63) is 80.6 Å². The van der Waals surface area contributed by atoms with Gasteiger partial charge in [-0.2, -0.15) is 9.78 Å². The van der Waals surface area contributed by atoms with Crippen molar-refractivity contribution < 1.29 is 9.53 Å². The minimum absolute atomic E-state index is 0.108. The summed E-state index contributed by atoms with van der Waals surface area (Å²) >= 11 is 0. The number of nitrogens with one attached hydrogen (secondary N) is 1. The van der Waals surface area contributed by atoms with Crippen molar-refractivity contribution in [1.29, 1.82) is 0 Å². The number of Topliss-reactive ketones (excluding diaryl/α,β-unsaturated/α-hetero) is 1. The lowest BCUT2D eigenvalue weighted by atomic mass is 10.1. The molecule has 0 bridgehead atoms. The molecule has 132 valence electrons. The Hall–Kier alpha value is -3.48. The molecule has 0 spiro atoms. The zero-order valence-electron chi connectivity index (χ0n) is 14.4. The van der Waals surface area contributed by atoms with E-state index in [9.17, 15) is 14.4 Å². The van der Waals surface area contributed by atoms with Crippen LogP contribution in [-0.4, -0.2) is 20.5 Å². The predicted octanol–water partition coefficient (Wildman–Crippen LogP) is 2.15. The second-order valence-electron chi connectivity index (χ2n) is 5.93. The number of aromatic amines is 1. The normalized spacial score (nSPS) is 10.5. The molecule has 7 heteroatoms. The van der Waals surface area contributed by atoms with Crippen LogP contribution in [0.1, 0.15) is 18.1 Å². The van der Waals surface area contributed by atoms with Crippen LogP contribution in [0.3, 0.4) is 0 Å². The van der Waals surface area contributed by atoms with Gasteiger partial charge >= 0.3 is 5.69 Å². The standard InChI is InChI=1S/C19H17N3O4/c1-12-9-15(22-19(25)21-18(24)11-20-22)5-8-17(12)26-16-6-3-14(4-7-16)10-13(2)23/h3-9,11H,10H2,1-2H3,(H,21,24,25). The average Bonchev–Trinajstić information content (AvgIpc) is 2.58. The summed E-state index contributed by atoms with van der Waals surface area (Å²) < 4.78 is 6.96. The van der Waals surface area contributed by atoms with Gasteiger partial charge in [0.1, 0.15) is 23.5 Å². The molecule has 1 heterocycles. The summed E-state index contributed by atoms with van der Waals surface area (Å²) in [7, 11) is 0. The highest BCUT2D eigenvalue weighted by molar-refractivity contribution is 5.78. The van der Waals surface area contributed by atoms with E-state index in [1.807, 2.05) is 19.1 Å². The number of carbonyl (C=O) groups is 1. The van der Waals surface area contributed by atoms with E-state index in [0.29, 0.717) is 23.6 Å². The van der Waals surface area contributed by atoms with Crippen molar-refractivity contribution in [2.24, 2.45) is 0 Å². The first kappa shape index (κ1) is 17.3. The fourth-order valence-electron chi connectivity index (χ4n) is 2.51. The van der Waals surface area contributed by atoms with Crippen molar-refractivity contribution in [1.82, 2.24) is 14.8 Å². The van der Waals surface area contributed by atoms with Crippen LogP contribution in [0.4, 0.5) is 0 Å². The van der Waals surface area contributed by atoms with Crippen LogP contribution in [-0.2, 0) is 11.2 Å². The number of H-pyrrole nitrogens is 1. The van der Waals surface area contributed by atoms with E-state index in [1.54, 1.807) is 37.3 Å². The van der Waals surface area contributed by atoms with Crippen LogP contribution >= 0.6 is 0 Å². The molecule has 2 aromatic carbocycles. The maximum atomic E-state index is 11.8. The highest BCUT2D eigenvalue weighted by Gasteiger charge is 2.07. The summed E-state index contributed by atoms with van der Waals surface area (Å²) in [4.78, 5) is 36.2. The van der Waals surface area contributed by atoms with Gasteiger partial charge < -0.3 is 4.74 Å². The van der Waals surface area contributed by atoms with Crippen LogP contribution < -0.4 is 16.0 Å². The minimum Gasteiger partial charge on any atom is -0.457 e. The third-order valence-electron chi connectivity index (χ3n) is 3.72. The van der Waals surface area contributed by atoms with Crippen LogP contribution in [0, 0.1) is 6.92 Å². The molecule has 26 heavy (non-hydrogen) atoms. The lowest BCUT2D eigenvalue weighted by Crippen LogP contribution is -2.30. The van der Waals surface area contributed by atoms with E-state index in [4.69, 9.17) is 4.74 Å². The fraction of sp³-hybridized carbons (Fsp3) is 0.158. The van der Waals surface area contributed by atoms with Crippen molar-refractivity contribution in [3.8, 4) is 17.2 Å². The maximum absolute atomic E-state index is 11.8. The van der Waals surface area contributed by atoms with E-state index in [2.05, 4.69) is 10.1 Å². The molecule has 0 aliphatic rings. The van der Waals surface area contributed by atoms with Crippen molar-refractivity contribution in [2.45, 2.75) is 20.3 Å². The molecule has 1 N–H and O–H groups in total. The average molecular weight is 351 g/mol. The van der Waals surface area contributed by atoms with E-state index >= 15 is 0 Å². The molecule has 3 aromatic rings. The van der Waals surface area contributed by atoms with Crippen LogP contribution in [0.25, 0.3) is 5.69 Å². The van der Waals surface area contributed by atoms with Gasteiger partial charge in [-0.3, -0.25) is 14.6 Å². The minimum atomic E-state index is -0.605. The summed E-state index contributed by atoms with van der Waals surface area (Å²) in [5.74, 6) is 1.38. The largest absolute Gasteiger partial charge is 0.457 e. The summed E-state index contributed by atoms with van der Waals surface area (Å²) in [5.41, 5.74) is 1.10. The third kappa shape index (κ3) is 3.94. The van der Waals surface area contributed by atoms with Gasteiger partial charge in [0.15, 0.2) is 0 Å². The molecule has 0 fully saturated rings. The smallest absolute Gasteiger partial charge is 0.349 e. The predicted molar refractivity (Wildman–Crippen MR) is 96.1 cm³/mol. The Bertz CT molecular complexity index is 1070. The Labute approximate surface area is 148 Å². The summed E-state index contributed by atoms with van der Waals surface area (Å²) in [5, 5.41) is 3.83. The lowest BCUT2D eigenvalue weighted by molar-refractivity contribution is -0.116. The van der Waals surface area contributed by atoms with Gasteiger partial charge in [0.05, 0.1) is 5.69 Å². The first-order chi connectivity index (χ1) is 12.4. The van der Waals surface area contributed by atoms with Gasteiger partial charge in [-0.15, -0.1) is 0 Å². The van der Waals surface area contributed by atoms with E-state index in [0.717, 1.165) is 22.0 Å². The number of ether oxygens (including phenoxy) is 1. The number of ketones is 1. The number of rotatable bonds is 5. The Morgan fingerprint density at radius 1 is 1.15 bits per heavy atom. The molecule has 3 rings (SSSR count). The Balaban J connectivity index is 1.82. The number of nitrogens with zero attached hydrogens (tertiary/aromatic N) is 2. The Morgan fingerprint density at radius 2 is 1.88 bits per heavy atom. The first-order valence-electron chi connectivity index (χ1n) is 7.98. The van der Waals surface area contributed by atoms with Crippen molar-refractivity contribution in [3.63, 3.8) is 0 Å². The van der Waals surface area contributed by atoms with Gasteiger partial charge in [-0.1, -0.05) is 12.1 Å². The van der Waals surface area contributed by atoms with E-state index < -0.39 is 11.2 Å². The van der Waals surface area contributed by atoms with Gasteiger partial charge in [-0.05, 0) is 55.3 Å². The van der Waals surface area contributed by atoms with E-state index in [1.165, 1.54) is 0 Å².